The van der Waals surface area contributed by atoms with E-state index in [-0.39, 0.29) is 5.97 Å². The van der Waals surface area contributed by atoms with Crippen LogP contribution < -0.4 is 0 Å². The number of carbonyl (C=O) groups excluding carboxylic acids is 1. The Labute approximate surface area is 137 Å². The molecule has 0 aliphatic heterocycles. The number of aromatic amines is 1. The van der Waals surface area contributed by atoms with Crippen LogP contribution in [0.1, 0.15) is 10.4 Å². The van der Waals surface area contributed by atoms with Crippen LogP contribution in [0.25, 0.3) is 22.4 Å². The Bertz CT molecular complexity index is 843. The topological polar surface area (TPSA) is 55.0 Å². The first-order valence-electron chi connectivity index (χ1n) is 6.12. The van der Waals surface area contributed by atoms with E-state index >= 15 is 0 Å². The molecule has 2 aromatic carbocycles. The molecule has 1 N–H and O–H groups in total. The van der Waals surface area contributed by atoms with Gasteiger partial charge in [-0.25, -0.2) is 9.78 Å². The van der Waals surface area contributed by atoms with Crippen LogP contribution in [-0.2, 0) is 4.74 Å². The van der Waals surface area contributed by atoms with Crippen LogP contribution in [0.15, 0.2) is 45.3 Å². The number of H-pyrrole nitrogens is 1. The molecule has 0 aliphatic rings. The fraction of sp³-hybridized carbons (Fsp3) is 0.0667. The summed E-state index contributed by atoms with van der Waals surface area (Å²) < 4.78 is 6.48. The molecule has 0 radical (unpaired) electrons. The first-order chi connectivity index (χ1) is 10.1. The number of hydrogen-bond acceptors (Lipinski definition) is 3. The smallest absolute Gasteiger partial charge is 0.337 e. The second-order valence-electron chi connectivity index (χ2n) is 4.44. The third kappa shape index (κ3) is 2.73. The molecule has 0 spiro atoms. The van der Waals surface area contributed by atoms with E-state index in [9.17, 15) is 4.79 Å². The molecular weight excluding hydrogens is 400 g/mol. The number of ether oxygens (including phenoxy) is 1. The lowest BCUT2D eigenvalue weighted by molar-refractivity contribution is 0.0601. The van der Waals surface area contributed by atoms with Gasteiger partial charge in [-0.3, -0.25) is 0 Å². The monoisotopic (exact) mass is 408 g/mol. The number of nitrogens with one attached hydrogen (secondary N) is 1. The summed E-state index contributed by atoms with van der Waals surface area (Å²) in [6, 6.07) is 11.3. The summed E-state index contributed by atoms with van der Waals surface area (Å²) in [5.74, 6) is 0.366. The number of fused-ring (bicyclic) bond motifs is 1. The predicted octanol–water partition coefficient (Wildman–Crippen LogP) is 4.54. The van der Waals surface area contributed by atoms with Crippen LogP contribution in [0.4, 0.5) is 0 Å². The van der Waals surface area contributed by atoms with Gasteiger partial charge in [-0.05, 0) is 40.2 Å². The second kappa shape index (κ2) is 5.61. The number of aromatic nitrogens is 2. The van der Waals surface area contributed by atoms with Gasteiger partial charge in [-0.15, -0.1) is 0 Å². The highest BCUT2D eigenvalue weighted by Crippen LogP contribution is 2.28. The molecular formula is C15H10Br2N2O2. The minimum Gasteiger partial charge on any atom is -0.465 e. The highest BCUT2D eigenvalue weighted by atomic mass is 79.9. The van der Waals surface area contributed by atoms with Crippen LogP contribution in [0, 0.1) is 0 Å². The largest absolute Gasteiger partial charge is 0.465 e. The van der Waals surface area contributed by atoms with Crippen LogP contribution >= 0.6 is 31.9 Å². The average Bonchev–Trinajstić information content (AvgIpc) is 2.91. The quantitative estimate of drug-likeness (QED) is 0.632. The molecule has 4 nitrogen and oxygen atoms in total. The van der Waals surface area contributed by atoms with E-state index in [1.165, 1.54) is 7.11 Å². The molecule has 0 unspecified atom stereocenters. The fourth-order valence-electron chi connectivity index (χ4n) is 2.08. The molecule has 0 saturated carbocycles. The summed E-state index contributed by atoms with van der Waals surface area (Å²) in [6.45, 7) is 0. The lowest BCUT2D eigenvalue weighted by Crippen LogP contribution is -2.00. The number of imidazole rings is 1. The van der Waals surface area contributed by atoms with Crippen molar-refractivity contribution in [2.75, 3.05) is 7.11 Å². The maximum Gasteiger partial charge on any atom is 0.337 e. The van der Waals surface area contributed by atoms with Gasteiger partial charge in [0.15, 0.2) is 0 Å². The Balaban J connectivity index is 2.16. The van der Waals surface area contributed by atoms with Gasteiger partial charge in [0, 0.05) is 14.5 Å². The zero-order chi connectivity index (χ0) is 15.0. The van der Waals surface area contributed by atoms with E-state index in [1.54, 1.807) is 12.1 Å². The Morgan fingerprint density at radius 3 is 2.76 bits per heavy atom. The number of esters is 1. The lowest BCUT2D eigenvalue weighted by Gasteiger charge is -2.00. The van der Waals surface area contributed by atoms with Crippen molar-refractivity contribution in [3.05, 3.63) is 50.9 Å². The summed E-state index contributed by atoms with van der Waals surface area (Å²) in [5.41, 5.74) is 2.99. The van der Waals surface area contributed by atoms with E-state index in [1.807, 2.05) is 24.3 Å². The van der Waals surface area contributed by atoms with E-state index in [4.69, 9.17) is 4.74 Å². The van der Waals surface area contributed by atoms with Crippen molar-refractivity contribution in [1.82, 2.24) is 9.97 Å². The third-order valence-corrected chi connectivity index (χ3v) is 4.16. The number of halogens is 2. The van der Waals surface area contributed by atoms with Gasteiger partial charge >= 0.3 is 5.97 Å². The predicted molar refractivity (Wildman–Crippen MR) is 88.3 cm³/mol. The summed E-state index contributed by atoms with van der Waals surface area (Å²) in [6.07, 6.45) is 0. The van der Waals surface area contributed by atoms with Crippen molar-refractivity contribution in [2.45, 2.75) is 0 Å². The zero-order valence-electron chi connectivity index (χ0n) is 11.0. The third-order valence-electron chi connectivity index (χ3n) is 3.06. The molecule has 0 saturated heterocycles. The van der Waals surface area contributed by atoms with Gasteiger partial charge in [-0.2, -0.15) is 0 Å². The van der Waals surface area contributed by atoms with Crippen LogP contribution in [0.2, 0.25) is 0 Å². The maximum atomic E-state index is 11.6. The highest BCUT2D eigenvalue weighted by Gasteiger charge is 2.13. The lowest BCUT2D eigenvalue weighted by atomic mass is 10.2. The first-order valence-corrected chi connectivity index (χ1v) is 7.70. The van der Waals surface area contributed by atoms with Crippen molar-refractivity contribution < 1.29 is 9.53 Å². The minimum absolute atomic E-state index is 0.379. The Kier molecular flexibility index (Phi) is 3.82. The van der Waals surface area contributed by atoms with E-state index < -0.39 is 0 Å². The molecule has 0 atom stereocenters. The summed E-state index contributed by atoms with van der Waals surface area (Å²) >= 11 is 6.89. The van der Waals surface area contributed by atoms with Crippen LogP contribution in [-0.4, -0.2) is 23.0 Å². The standard InChI is InChI=1S/C15H10Br2N2O2/c1-21-15(20)9-6-11(17)13-12(7-9)18-14(19-13)8-3-2-4-10(16)5-8/h2-7H,1H3,(H,18,19). The number of carbonyl (C=O) groups is 1. The van der Waals surface area contributed by atoms with Gasteiger partial charge < -0.3 is 9.72 Å². The Hall–Kier alpha value is -1.66. The molecule has 3 rings (SSSR count). The molecule has 0 bridgehead atoms. The molecule has 6 heteroatoms. The van der Waals surface area contributed by atoms with Crippen LogP contribution in [0.3, 0.4) is 0 Å². The summed E-state index contributed by atoms with van der Waals surface area (Å²) in [5, 5.41) is 0. The number of hydrogen-bond donors (Lipinski definition) is 1. The number of benzene rings is 2. The second-order valence-corrected chi connectivity index (χ2v) is 6.21. The van der Waals surface area contributed by atoms with Crippen molar-refractivity contribution in [2.24, 2.45) is 0 Å². The van der Waals surface area contributed by atoms with Crippen molar-refractivity contribution >= 4 is 48.9 Å². The van der Waals surface area contributed by atoms with Gasteiger partial charge in [-0.1, -0.05) is 28.1 Å². The molecule has 21 heavy (non-hydrogen) atoms. The molecule has 1 heterocycles. The van der Waals surface area contributed by atoms with Crippen molar-refractivity contribution in [1.29, 1.82) is 0 Å². The van der Waals surface area contributed by atoms with E-state index in [0.29, 0.717) is 5.56 Å². The summed E-state index contributed by atoms with van der Waals surface area (Å²) in [7, 11) is 1.36. The highest BCUT2D eigenvalue weighted by molar-refractivity contribution is 9.11. The zero-order valence-corrected chi connectivity index (χ0v) is 14.2. The van der Waals surface area contributed by atoms with Gasteiger partial charge in [0.25, 0.3) is 0 Å². The van der Waals surface area contributed by atoms with Gasteiger partial charge in [0.1, 0.15) is 11.3 Å². The first kappa shape index (κ1) is 14.3. The molecule has 106 valence electrons. The van der Waals surface area contributed by atoms with E-state index in [0.717, 1.165) is 31.4 Å². The maximum absolute atomic E-state index is 11.6. The normalized spacial score (nSPS) is 10.8. The number of rotatable bonds is 2. The fourth-order valence-corrected chi connectivity index (χ4v) is 3.03. The average molecular weight is 410 g/mol. The minimum atomic E-state index is -0.379. The van der Waals surface area contributed by atoms with Gasteiger partial charge in [0.2, 0.25) is 0 Å². The molecule has 0 fully saturated rings. The Morgan fingerprint density at radius 2 is 2.05 bits per heavy atom. The Morgan fingerprint density at radius 1 is 1.24 bits per heavy atom. The number of methoxy groups -OCH3 is 1. The van der Waals surface area contributed by atoms with Gasteiger partial charge in [0.05, 0.1) is 18.2 Å². The van der Waals surface area contributed by atoms with Crippen LogP contribution in [0.5, 0.6) is 0 Å². The SMILES string of the molecule is COC(=O)c1cc(Br)c2nc(-c3cccc(Br)c3)[nH]c2c1. The molecule has 0 aliphatic carbocycles. The van der Waals surface area contributed by atoms with E-state index in [2.05, 4.69) is 41.8 Å². The van der Waals surface area contributed by atoms with Crippen molar-refractivity contribution in [3.8, 4) is 11.4 Å². The summed E-state index contributed by atoms with van der Waals surface area (Å²) in [4.78, 5) is 19.5. The molecule has 1 aromatic heterocycles. The number of nitrogens with zero attached hydrogens (tertiary/aromatic N) is 1. The molecule has 0 amide bonds. The van der Waals surface area contributed by atoms with Crippen molar-refractivity contribution in [3.63, 3.8) is 0 Å². The molecule has 3 aromatic rings.